The van der Waals surface area contributed by atoms with Gasteiger partial charge in [-0.3, -0.25) is 4.79 Å². The Labute approximate surface area is 108 Å². The highest BCUT2D eigenvalue weighted by Crippen LogP contribution is 2.21. The maximum atomic E-state index is 11.9. The van der Waals surface area contributed by atoms with E-state index >= 15 is 0 Å². The van der Waals surface area contributed by atoms with Crippen molar-refractivity contribution in [2.75, 3.05) is 0 Å². The first kappa shape index (κ1) is 11.9. The third kappa shape index (κ3) is 2.38. The van der Waals surface area contributed by atoms with Crippen molar-refractivity contribution in [1.29, 1.82) is 0 Å². The standard InChI is InChI=1S/C12H14INO2/c1-7-3-2-4-10(11(7)13)12(16)14-8-5-9(15)6-8/h2-4,8-9,15H,5-6H2,1H3,(H,14,16). The second kappa shape index (κ2) is 4.71. The molecule has 86 valence electrons. The zero-order valence-electron chi connectivity index (χ0n) is 9.03. The quantitative estimate of drug-likeness (QED) is 0.813. The molecule has 0 radical (unpaired) electrons. The fraction of sp³-hybridized carbons (Fsp3) is 0.417. The summed E-state index contributed by atoms with van der Waals surface area (Å²) in [7, 11) is 0. The Hall–Kier alpha value is -0.620. The van der Waals surface area contributed by atoms with Gasteiger partial charge < -0.3 is 10.4 Å². The Morgan fingerprint density at radius 1 is 1.50 bits per heavy atom. The van der Waals surface area contributed by atoms with E-state index in [1.807, 2.05) is 25.1 Å². The Bertz CT molecular complexity index is 413. The van der Waals surface area contributed by atoms with Crippen molar-refractivity contribution in [3.05, 3.63) is 32.9 Å². The van der Waals surface area contributed by atoms with E-state index in [9.17, 15) is 4.79 Å². The number of halogens is 1. The summed E-state index contributed by atoms with van der Waals surface area (Å²) in [4.78, 5) is 11.9. The van der Waals surface area contributed by atoms with Crippen LogP contribution in [0, 0.1) is 10.5 Å². The van der Waals surface area contributed by atoms with E-state index in [0.29, 0.717) is 12.8 Å². The van der Waals surface area contributed by atoms with Crippen molar-refractivity contribution in [2.24, 2.45) is 0 Å². The number of aryl methyl sites for hydroxylation is 1. The van der Waals surface area contributed by atoms with E-state index in [1.54, 1.807) is 0 Å². The van der Waals surface area contributed by atoms with Gasteiger partial charge >= 0.3 is 0 Å². The first-order valence-electron chi connectivity index (χ1n) is 5.32. The lowest BCUT2D eigenvalue weighted by molar-refractivity contribution is 0.0562. The number of benzene rings is 1. The minimum absolute atomic E-state index is 0.0370. The number of hydrogen-bond donors (Lipinski definition) is 2. The number of hydrogen-bond acceptors (Lipinski definition) is 2. The molecule has 0 saturated heterocycles. The van der Waals surface area contributed by atoms with Crippen LogP contribution in [0.4, 0.5) is 0 Å². The predicted octanol–water partition coefficient (Wildman–Crippen LogP) is 1.85. The lowest BCUT2D eigenvalue weighted by Gasteiger charge is -2.32. The van der Waals surface area contributed by atoms with Crippen LogP contribution in [0.25, 0.3) is 0 Å². The molecule has 1 aliphatic carbocycles. The molecule has 0 bridgehead atoms. The van der Waals surface area contributed by atoms with Gasteiger partial charge in [-0.1, -0.05) is 12.1 Å². The third-order valence-electron chi connectivity index (χ3n) is 2.88. The van der Waals surface area contributed by atoms with Gasteiger partial charge in [-0.2, -0.15) is 0 Å². The highest BCUT2D eigenvalue weighted by Gasteiger charge is 2.28. The lowest BCUT2D eigenvalue weighted by atomic mass is 9.89. The van der Waals surface area contributed by atoms with Gasteiger partial charge in [0.1, 0.15) is 0 Å². The number of nitrogens with one attached hydrogen (secondary N) is 1. The average molecular weight is 331 g/mol. The number of amides is 1. The van der Waals surface area contributed by atoms with Crippen LogP contribution in [-0.2, 0) is 0 Å². The Morgan fingerprint density at radius 2 is 2.19 bits per heavy atom. The predicted molar refractivity (Wildman–Crippen MR) is 70.4 cm³/mol. The third-order valence-corrected chi connectivity index (χ3v) is 4.32. The zero-order chi connectivity index (χ0) is 11.7. The lowest BCUT2D eigenvalue weighted by Crippen LogP contribution is -2.46. The summed E-state index contributed by atoms with van der Waals surface area (Å²) in [6.07, 6.45) is 1.12. The van der Waals surface area contributed by atoms with E-state index in [2.05, 4.69) is 27.9 Å². The number of carbonyl (C=O) groups excluding carboxylic acids is 1. The van der Waals surface area contributed by atoms with E-state index < -0.39 is 0 Å². The van der Waals surface area contributed by atoms with Gasteiger partial charge in [0.2, 0.25) is 0 Å². The summed E-state index contributed by atoms with van der Waals surface area (Å²) >= 11 is 2.19. The Morgan fingerprint density at radius 3 is 2.81 bits per heavy atom. The van der Waals surface area contributed by atoms with Gasteiger partial charge in [-0.05, 0) is 54.0 Å². The van der Waals surface area contributed by atoms with Gasteiger partial charge in [0.15, 0.2) is 0 Å². The topological polar surface area (TPSA) is 49.3 Å². The number of carbonyl (C=O) groups is 1. The average Bonchev–Trinajstić information content (AvgIpc) is 2.19. The van der Waals surface area contributed by atoms with Gasteiger partial charge in [-0.15, -0.1) is 0 Å². The Balaban J connectivity index is 2.06. The molecule has 2 N–H and O–H groups in total. The highest BCUT2D eigenvalue weighted by atomic mass is 127. The molecule has 1 aromatic carbocycles. The molecule has 0 aromatic heterocycles. The number of aliphatic hydroxyl groups is 1. The van der Waals surface area contributed by atoms with E-state index in [4.69, 9.17) is 5.11 Å². The summed E-state index contributed by atoms with van der Waals surface area (Å²) < 4.78 is 0.998. The van der Waals surface area contributed by atoms with Gasteiger partial charge in [-0.25, -0.2) is 0 Å². The SMILES string of the molecule is Cc1cccc(C(=O)NC2CC(O)C2)c1I. The second-order valence-corrected chi connectivity index (χ2v) is 5.31. The van der Waals surface area contributed by atoms with Crippen LogP contribution >= 0.6 is 22.6 Å². The molecular formula is C12H14INO2. The minimum atomic E-state index is -0.234. The van der Waals surface area contributed by atoms with Crippen molar-refractivity contribution >= 4 is 28.5 Å². The molecule has 1 saturated carbocycles. The van der Waals surface area contributed by atoms with Crippen molar-refractivity contribution in [1.82, 2.24) is 5.32 Å². The van der Waals surface area contributed by atoms with Crippen LogP contribution in [0.3, 0.4) is 0 Å². The normalized spacial score (nSPS) is 23.7. The highest BCUT2D eigenvalue weighted by molar-refractivity contribution is 14.1. The van der Waals surface area contributed by atoms with Crippen LogP contribution in [0.1, 0.15) is 28.8 Å². The molecule has 0 heterocycles. The first-order chi connectivity index (χ1) is 7.58. The van der Waals surface area contributed by atoms with Crippen molar-refractivity contribution in [3.8, 4) is 0 Å². The van der Waals surface area contributed by atoms with Crippen LogP contribution in [0.15, 0.2) is 18.2 Å². The molecule has 1 aromatic rings. The van der Waals surface area contributed by atoms with Crippen LogP contribution in [0.2, 0.25) is 0 Å². The van der Waals surface area contributed by atoms with E-state index in [0.717, 1.165) is 14.7 Å². The molecule has 1 aliphatic rings. The number of aliphatic hydroxyl groups excluding tert-OH is 1. The number of rotatable bonds is 2. The van der Waals surface area contributed by atoms with Crippen LogP contribution in [-0.4, -0.2) is 23.2 Å². The monoisotopic (exact) mass is 331 g/mol. The van der Waals surface area contributed by atoms with Gasteiger partial charge in [0.25, 0.3) is 5.91 Å². The molecule has 0 aliphatic heterocycles. The molecule has 1 fully saturated rings. The first-order valence-corrected chi connectivity index (χ1v) is 6.40. The summed E-state index contributed by atoms with van der Waals surface area (Å²) in [5.41, 5.74) is 1.84. The molecule has 16 heavy (non-hydrogen) atoms. The molecule has 4 heteroatoms. The van der Waals surface area contributed by atoms with Crippen molar-refractivity contribution in [3.63, 3.8) is 0 Å². The molecule has 1 amide bonds. The fourth-order valence-corrected chi connectivity index (χ4v) is 2.40. The zero-order valence-corrected chi connectivity index (χ0v) is 11.2. The molecule has 0 spiro atoms. The largest absolute Gasteiger partial charge is 0.393 e. The molecule has 0 atom stereocenters. The molecule has 3 nitrogen and oxygen atoms in total. The maximum Gasteiger partial charge on any atom is 0.252 e. The van der Waals surface area contributed by atoms with Gasteiger partial charge in [0, 0.05) is 9.61 Å². The second-order valence-electron chi connectivity index (χ2n) is 4.23. The summed E-state index contributed by atoms with van der Waals surface area (Å²) in [5.74, 6) is -0.0370. The van der Waals surface area contributed by atoms with Gasteiger partial charge in [0.05, 0.1) is 11.7 Å². The summed E-state index contributed by atoms with van der Waals surface area (Å²) in [5, 5.41) is 12.1. The van der Waals surface area contributed by atoms with Crippen molar-refractivity contribution in [2.45, 2.75) is 31.9 Å². The van der Waals surface area contributed by atoms with E-state index in [-0.39, 0.29) is 18.1 Å². The van der Waals surface area contributed by atoms with Crippen molar-refractivity contribution < 1.29 is 9.90 Å². The smallest absolute Gasteiger partial charge is 0.252 e. The molecule has 2 rings (SSSR count). The Kier molecular flexibility index (Phi) is 3.49. The summed E-state index contributed by atoms with van der Waals surface area (Å²) in [6.45, 7) is 1.99. The van der Waals surface area contributed by atoms with E-state index in [1.165, 1.54) is 0 Å². The molecule has 0 unspecified atom stereocenters. The maximum absolute atomic E-state index is 11.9. The molecular weight excluding hydrogens is 317 g/mol. The van der Waals surface area contributed by atoms with Crippen LogP contribution < -0.4 is 5.32 Å². The van der Waals surface area contributed by atoms with Crippen LogP contribution in [0.5, 0.6) is 0 Å². The minimum Gasteiger partial charge on any atom is -0.393 e. The fourth-order valence-electron chi connectivity index (χ4n) is 1.79. The summed E-state index contributed by atoms with van der Waals surface area (Å²) in [6, 6.07) is 5.85.